The normalized spacial score (nSPS) is 17.0. The number of rotatable bonds is 8. The van der Waals surface area contributed by atoms with Crippen molar-refractivity contribution in [2.24, 2.45) is 5.10 Å². The molecule has 0 aliphatic carbocycles. The van der Waals surface area contributed by atoms with Gasteiger partial charge >= 0.3 is 0 Å². The van der Waals surface area contributed by atoms with Gasteiger partial charge in [-0.05, 0) is 90.6 Å². The summed E-state index contributed by atoms with van der Waals surface area (Å²) in [6, 6.07) is 19.0. The molecule has 10 heteroatoms. The zero-order chi connectivity index (χ0) is 29.1. The summed E-state index contributed by atoms with van der Waals surface area (Å²) >= 11 is 9.85. The molecule has 1 fully saturated rings. The topological polar surface area (TPSA) is 74.7 Å². The number of hydrazone groups is 1. The molecule has 0 spiro atoms. The van der Waals surface area contributed by atoms with Crippen molar-refractivity contribution in [3.05, 3.63) is 81.3 Å². The molecule has 41 heavy (non-hydrogen) atoms. The SMILES string of the molecule is COc1cc(C2N(c3ccc(Cl)cc3)N=C(C(C)=O)N2c2ccc(C)cc2)cc(Br)c1OCC(=O)N1CCCCC1. The van der Waals surface area contributed by atoms with Gasteiger partial charge in [0.2, 0.25) is 0 Å². The lowest BCUT2D eigenvalue weighted by Gasteiger charge is -2.32. The first-order valence-corrected chi connectivity index (χ1v) is 14.7. The summed E-state index contributed by atoms with van der Waals surface area (Å²) in [4.78, 5) is 29.5. The van der Waals surface area contributed by atoms with Gasteiger partial charge in [0, 0.05) is 36.3 Å². The van der Waals surface area contributed by atoms with Gasteiger partial charge in [-0.2, -0.15) is 0 Å². The summed E-state index contributed by atoms with van der Waals surface area (Å²) in [6.07, 6.45) is 2.64. The minimum Gasteiger partial charge on any atom is -0.493 e. The molecule has 0 saturated carbocycles. The van der Waals surface area contributed by atoms with Gasteiger partial charge in [0.25, 0.3) is 5.91 Å². The highest BCUT2D eigenvalue weighted by Crippen LogP contribution is 2.44. The zero-order valence-electron chi connectivity index (χ0n) is 23.3. The highest BCUT2D eigenvalue weighted by Gasteiger charge is 2.40. The minimum atomic E-state index is -0.535. The number of hydrogen-bond acceptors (Lipinski definition) is 7. The van der Waals surface area contributed by atoms with Crippen LogP contribution >= 0.6 is 27.5 Å². The number of nitrogens with zero attached hydrogens (tertiary/aromatic N) is 4. The largest absolute Gasteiger partial charge is 0.493 e. The predicted octanol–water partition coefficient (Wildman–Crippen LogP) is 6.74. The van der Waals surface area contributed by atoms with Crippen LogP contribution in [-0.2, 0) is 9.59 Å². The molecular weight excluding hydrogens is 608 g/mol. The van der Waals surface area contributed by atoms with Crippen LogP contribution in [0.15, 0.2) is 70.2 Å². The van der Waals surface area contributed by atoms with E-state index >= 15 is 0 Å². The molecule has 214 valence electrons. The maximum absolute atomic E-state index is 12.9. The number of carbonyl (C=O) groups is 2. The zero-order valence-corrected chi connectivity index (χ0v) is 25.6. The average Bonchev–Trinajstić information content (AvgIpc) is 3.38. The number of carbonyl (C=O) groups excluding carboxylic acids is 2. The second-order valence-electron chi connectivity index (χ2n) is 10.1. The van der Waals surface area contributed by atoms with E-state index in [9.17, 15) is 9.59 Å². The van der Waals surface area contributed by atoms with E-state index in [2.05, 4.69) is 15.9 Å². The summed E-state index contributed by atoms with van der Waals surface area (Å²) in [5.41, 5.74) is 3.47. The maximum atomic E-state index is 12.9. The number of piperidine rings is 1. The van der Waals surface area contributed by atoms with E-state index in [0.717, 1.165) is 54.9 Å². The number of ether oxygens (including phenoxy) is 2. The van der Waals surface area contributed by atoms with Gasteiger partial charge in [0.15, 0.2) is 35.9 Å². The monoisotopic (exact) mass is 638 g/mol. The second kappa shape index (κ2) is 12.5. The molecule has 8 nitrogen and oxygen atoms in total. The summed E-state index contributed by atoms with van der Waals surface area (Å²) in [5, 5.41) is 7.19. The van der Waals surface area contributed by atoms with Crippen molar-refractivity contribution in [3.63, 3.8) is 0 Å². The number of likely N-dealkylation sites (tertiary alicyclic amines) is 1. The minimum absolute atomic E-state index is 0.0440. The summed E-state index contributed by atoms with van der Waals surface area (Å²) in [5.74, 6) is 0.979. The van der Waals surface area contributed by atoms with Crippen LogP contribution in [0, 0.1) is 6.92 Å². The molecule has 1 atom stereocenters. The van der Waals surface area contributed by atoms with Gasteiger partial charge in [0.1, 0.15) is 0 Å². The number of Topliss-reactive ketones (excluding diaryl/α,β-unsaturated/α-hetero) is 1. The number of anilines is 2. The van der Waals surface area contributed by atoms with Crippen molar-refractivity contribution in [1.82, 2.24) is 4.90 Å². The van der Waals surface area contributed by atoms with Crippen LogP contribution in [0.1, 0.15) is 43.5 Å². The van der Waals surface area contributed by atoms with E-state index in [0.29, 0.717) is 26.8 Å². The molecular formula is C31H32BrClN4O4. The molecule has 0 aromatic heterocycles. The van der Waals surface area contributed by atoms with Gasteiger partial charge in [-0.1, -0.05) is 29.3 Å². The Balaban J connectivity index is 1.55. The van der Waals surface area contributed by atoms with Crippen LogP contribution < -0.4 is 19.4 Å². The molecule has 2 aliphatic rings. The summed E-state index contributed by atoms with van der Waals surface area (Å²) in [6.45, 7) is 4.96. The maximum Gasteiger partial charge on any atom is 0.260 e. The number of methoxy groups -OCH3 is 1. The quantitative estimate of drug-likeness (QED) is 0.272. The Morgan fingerprint density at radius 1 is 1.00 bits per heavy atom. The van der Waals surface area contributed by atoms with Gasteiger partial charge in [-0.15, -0.1) is 5.10 Å². The fraction of sp³-hybridized carbons (Fsp3) is 0.323. The first-order valence-electron chi connectivity index (χ1n) is 13.5. The van der Waals surface area contributed by atoms with E-state index in [1.165, 1.54) is 6.92 Å². The Morgan fingerprint density at radius 2 is 1.66 bits per heavy atom. The molecule has 3 aromatic rings. The predicted molar refractivity (Wildman–Crippen MR) is 165 cm³/mol. The number of amides is 1. The van der Waals surface area contributed by atoms with Crippen LogP contribution in [0.2, 0.25) is 5.02 Å². The van der Waals surface area contributed by atoms with Crippen molar-refractivity contribution in [2.45, 2.75) is 39.3 Å². The van der Waals surface area contributed by atoms with E-state index in [1.807, 2.05) is 65.3 Å². The van der Waals surface area contributed by atoms with Crippen molar-refractivity contribution >= 4 is 56.4 Å². The third-order valence-corrected chi connectivity index (χ3v) is 8.06. The third-order valence-electron chi connectivity index (χ3n) is 7.22. The Morgan fingerprint density at radius 3 is 2.29 bits per heavy atom. The lowest BCUT2D eigenvalue weighted by Crippen LogP contribution is -2.38. The van der Waals surface area contributed by atoms with Crippen LogP contribution in [0.4, 0.5) is 11.4 Å². The lowest BCUT2D eigenvalue weighted by molar-refractivity contribution is -0.134. The van der Waals surface area contributed by atoms with Gasteiger partial charge in [-0.3, -0.25) is 14.5 Å². The molecule has 1 amide bonds. The van der Waals surface area contributed by atoms with Crippen LogP contribution in [0.3, 0.4) is 0 Å². The fourth-order valence-electron chi connectivity index (χ4n) is 5.12. The number of halogens is 2. The number of aryl methyl sites for hydroxylation is 1. The van der Waals surface area contributed by atoms with E-state index in [-0.39, 0.29) is 18.3 Å². The standard InChI is InChI=1S/C31H32BrClN4O4/c1-20-7-11-24(12-8-20)36-30(21(2)38)34-37(25-13-9-23(33)10-14-25)31(36)22-17-26(32)29(27(18-22)40-3)41-19-28(39)35-15-5-4-6-16-35/h7-14,17-18,31H,4-6,15-16,19H2,1-3H3. The smallest absolute Gasteiger partial charge is 0.260 e. The highest BCUT2D eigenvalue weighted by atomic mass is 79.9. The van der Waals surface area contributed by atoms with Crippen molar-refractivity contribution in [1.29, 1.82) is 0 Å². The average molecular weight is 640 g/mol. The molecule has 2 heterocycles. The van der Waals surface area contributed by atoms with E-state index < -0.39 is 6.17 Å². The number of hydrogen-bond donors (Lipinski definition) is 0. The van der Waals surface area contributed by atoms with E-state index in [1.54, 1.807) is 24.3 Å². The van der Waals surface area contributed by atoms with Crippen molar-refractivity contribution < 1.29 is 19.1 Å². The molecule has 5 rings (SSSR count). The van der Waals surface area contributed by atoms with Crippen LogP contribution in [-0.4, -0.2) is 49.2 Å². The Labute approximate surface area is 253 Å². The molecule has 0 N–H and O–H groups in total. The third kappa shape index (κ3) is 6.21. The number of ketones is 1. The molecule has 1 saturated heterocycles. The summed E-state index contributed by atoms with van der Waals surface area (Å²) < 4.78 is 12.4. The van der Waals surface area contributed by atoms with Gasteiger partial charge < -0.3 is 14.4 Å². The molecule has 3 aromatic carbocycles. The molecule has 0 bridgehead atoms. The van der Waals surface area contributed by atoms with Crippen molar-refractivity contribution in [3.8, 4) is 11.5 Å². The number of amidine groups is 1. The molecule has 2 aliphatic heterocycles. The Hall–Kier alpha value is -3.56. The van der Waals surface area contributed by atoms with Crippen LogP contribution in [0.25, 0.3) is 0 Å². The van der Waals surface area contributed by atoms with Gasteiger partial charge in [0.05, 0.1) is 17.3 Å². The van der Waals surface area contributed by atoms with Gasteiger partial charge in [-0.25, -0.2) is 5.01 Å². The second-order valence-corrected chi connectivity index (χ2v) is 11.4. The first kappa shape index (κ1) is 29.0. The first-order chi connectivity index (χ1) is 19.8. The Kier molecular flexibility index (Phi) is 8.85. The molecule has 0 radical (unpaired) electrons. The molecule has 1 unspecified atom stereocenters. The number of benzene rings is 3. The Bertz CT molecular complexity index is 1460. The highest BCUT2D eigenvalue weighted by molar-refractivity contribution is 9.10. The lowest BCUT2D eigenvalue weighted by atomic mass is 10.1. The van der Waals surface area contributed by atoms with Crippen LogP contribution in [0.5, 0.6) is 11.5 Å². The fourth-order valence-corrected chi connectivity index (χ4v) is 5.82. The summed E-state index contributed by atoms with van der Waals surface area (Å²) in [7, 11) is 1.56. The van der Waals surface area contributed by atoms with E-state index in [4.69, 9.17) is 26.2 Å². The van der Waals surface area contributed by atoms with Crippen molar-refractivity contribution in [2.75, 3.05) is 36.7 Å².